The smallest absolute Gasteiger partial charge is 0.125 e. The van der Waals surface area contributed by atoms with Crippen LogP contribution in [0.25, 0.3) is 44.1 Å². The van der Waals surface area contributed by atoms with Crippen LogP contribution in [0.5, 0.6) is 11.5 Å². The molecule has 5 rings (SSSR count). The van der Waals surface area contributed by atoms with Gasteiger partial charge in [0.05, 0.1) is 22.5 Å². The third-order valence-electron chi connectivity index (χ3n) is 5.46. The minimum atomic E-state index is 0.150. The molecule has 0 spiro atoms. The number of benzene rings is 3. The Morgan fingerprint density at radius 3 is 1.30 bits per heavy atom. The zero-order chi connectivity index (χ0) is 20.8. The van der Waals surface area contributed by atoms with Gasteiger partial charge in [0.1, 0.15) is 11.5 Å². The van der Waals surface area contributed by atoms with Gasteiger partial charge in [0.15, 0.2) is 0 Å². The summed E-state index contributed by atoms with van der Waals surface area (Å²) in [7, 11) is 0. The lowest BCUT2D eigenvalue weighted by Crippen LogP contribution is -1.92. The van der Waals surface area contributed by atoms with Crippen LogP contribution in [-0.2, 0) is 0 Å². The van der Waals surface area contributed by atoms with Crippen molar-refractivity contribution >= 4 is 21.5 Å². The highest BCUT2D eigenvalue weighted by molar-refractivity contribution is 6.20. The van der Waals surface area contributed by atoms with Gasteiger partial charge in [0.2, 0.25) is 0 Å². The molecular weight excluding hydrogens is 372 g/mol. The lowest BCUT2D eigenvalue weighted by Gasteiger charge is -2.16. The Labute approximate surface area is 174 Å². The lowest BCUT2D eigenvalue weighted by atomic mass is 9.90. The van der Waals surface area contributed by atoms with Crippen LogP contribution in [0.1, 0.15) is 11.1 Å². The number of aromatic hydroxyl groups is 2. The number of phenolic OH excluding ortho intramolecular Hbond substituents is 2. The van der Waals surface area contributed by atoms with E-state index in [1.807, 2.05) is 62.4 Å². The number of aryl methyl sites for hydroxylation is 2. The van der Waals surface area contributed by atoms with Gasteiger partial charge in [0, 0.05) is 23.2 Å². The molecule has 0 aliphatic carbocycles. The van der Waals surface area contributed by atoms with Crippen LogP contribution in [0.4, 0.5) is 0 Å². The normalized spacial score (nSPS) is 11.3. The predicted molar refractivity (Wildman–Crippen MR) is 121 cm³/mol. The van der Waals surface area contributed by atoms with Gasteiger partial charge in [-0.05, 0) is 60.0 Å². The average Bonchev–Trinajstić information content (AvgIpc) is 2.75. The summed E-state index contributed by atoms with van der Waals surface area (Å²) in [4.78, 5) is 9.13. The Morgan fingerprint density at radius 2 is 0.933 bits per heavy atom. The monoisotopic (exact) mass is 392 g/mol. The third-order valence-corrected chi connectivity index (χ3v) is 5.46. The molecule has 0 saturated heterocycles. The Balaban J connectivity index is 1.98. The summed E-state index contributed by atoms with van der Waals surface area (Å²) < 4.78 is 0. The van der Waals surface area contributed by atoms with Gasteiger partial charge in [-0.3, -0.25) is 9.97 Å². The first-order valence-electron chi connectivity index (χ1n) is 9.79. The average molecular weight is 392 g/mol. The molecule has 0 radical (unpaired) electrons. The Kier molecular flexibility index (Phi) is 4.14. The summed E-state index contributed by atoms with van der Waals surface area (Å²) in [6.45, 7) is 3.96. The van der Waals surface area contributed by atoms with Crippen LogP contribution in [0.2, 0.25) is 0 Å². The van der Waals surface area contributed by atoms with Crippen molar-refractivity contribution in [1.29, 1.82) is 0 Å². The van der Waals surface area contributed by atoms with E-state index in [0.717, 1.165) is 32.7 Å². The van der Waals surface area contributed by atoms with E-state index in [1.165, 1.54) is 0 Å². The second-order valence-electron chi connectivity index (χ2n) is 7.62. The van der Waals surface area contributed by atoms with E-state index < -0.39 is 0 Å². The van der Waals surface area contributed by atoms with Crippen molar-refractivity contribution < 1.29 is 10.2 Å². The van der Waals surface area contributed by atoms with Crippen molar-refractivity contribution in [2.75, 3.05) is 0 Å². The molecule has 0 aliphatic heterocycles. The van der Waals surface area contributed by atoms with Gasteiger partial charge in [-0.2, -0.15) is 0 Å². The molecule has 4 heteroatoms. The molecule has 0 aliphatic rings. The Morgan fingerprint density at radius 1 is 0.533 bits per heavy atom. The molecule has 5 aromatic rings. The number of rotatable bonds is 2. The number of phenols is 2. The summed E-state index contributed by atoms with van der Waals surface area (Å²) >= 11 is 0. The maximum atomic E-state index is 10.8. The van der Waals surface area contributed by atoms with Crippen LogP contribution in [0.3, 0.4) is 0 Å². The van der Waals surface area contributed by atoms with Gasteiger partial charge in [-0.1, -0.05) is 36.4 Å². The molecule has 3 aromatic carbocycles. The van der Waals surface area contributed by atoms with Crippen molar-refractivity contribution in [3.05, 3.63) is 84.2 Å². The molecule has 0 bridgehead atoms. The van der Waals surface area contributed by atoms with E-state index in [1.54, 1.807) is 24.5 Å². The molecule has 0 saturated carbocycles. The quantitative estimate of drug-likeness (QED) is 0.354. The highest BCUT2D eigenvalue weighted by Crippen LogP contribution is 2.45. The van der Waals surface area contributed by atoms with E-state index in [0.29, 0.717) is 22.5 Å². The minimum absolute atomic E-state index is 0.150. The fourth-order valence-electron chi connectivity index (χ4n) is 3.96. The van der Waals surface area contributed by atoms with E-state index in [4.69, 9.17) is 0 Å². The number of pyridine rings is 2. The molecule has 0 unspecified atom stereocenters. The zero-order valence-electron chi connectivity index (χ0n) is 16.7. The molecule has 2 heterocycles. The third kappa shape index (κ3) is 2.85. The van der Waals surface area contributed by atoms with E-state index in [2.05, 4.69) is 9.97 Å². The fraction of sp³-hybridized carbons (Fsp3) is 0.0769. The molecule has 2 N–H and O–H groups in total. The Bertz CT molecular complexity index is 1300. The van der Waals surface area contributed by atoms with E-state index >= 15 is 0 Å². The number of aromatic nitrogens is 2. The minimum Gasteiger partial charge on any atom is -0.507 e. The molecule has 0 fully saturated rings. The second kappa shape index (κ2) is 6.85. The molecule has 2 aromatic heterocycles. The van der Waals surface area contributed by atoms with Gasteiger partial charge in [0.25, 0.3) is 0 Å². The second-order valence-corrected chi connectivity index (χ2v) is 7.62. The highest BCUT2D eigenvalue weighted by Gasteiger charge is 2.19. The number of nitrogens with zero attached hydrogens (tertiary/aromatic N) is 2. The number of hydrogen-bond acceptors (Lipinski definition) is 4. The molecule has 30 heavy (non-hydrogen) atoms. The van der Waals surface area contributed by atoms with Gasteiger partial charge in [-0.25, -0.2) is 0 Å². The molecule has 4 nitrogen and oxygen atoms in total. The van der Waals surface area contributed by atoms with E-state index in [-0.39, 0.29) is 11.5 Å². The summed E-state index contributed by atoms with van der Waals surface area (Å²) in [5.74, 6) is 0.301. The maximum Gasteiger partial charge on any atom is 0.125 e. The number of fused-ring (bicyclic) bond motifs is 3. The molecule has 0 atom stereocenters. The first-order valence-corrected chi connectivity index (χ1v) is 9.79. The standard InChI is InChI=1S/C26H20N2O2/c1-15-3-9-19(27-13-15)25-21(29)11-7-17-5-6-18-8-12-22(30)26(24(18)23(17)25)20-10-4-16(2)14-28-20/h3-14,29-30H,1-2H3. The first-order chi connectivity index (χ1) is 14.5. The Hall–Kier alpha value is -3.92. The van der Waals surface area contributed by atoms with Gasteiger partial charge < -0.3 is 10.2 Å². The SMILES string of the molecule is Cc1ccc(-c2c(O)ccc3ccc4ccc(O)c(-c5ccc(C)cn5)c4c23)nc1. The lowest BCUT2D eigenvalue weighted by molar-refractivity contribution is 0.477. The van der Waals surface area contributed by atoms with Crippen molar-refractivity contribution in [3.63, 3.8) is 0 Å². The van der Waals surface area contributed by atoms with Crippen LogP contribution in [-0.4, -0.2) is 20.2 Å². The summed E-state index contributed by atoms with van der Waals surface area (Å²) in [5.41, 5.74) is 4.76. The van der Waals surface area contributed by atoms with Crippen molar-refractivity contribution in [2.24, 2.45) is 0 Å². The molecule has 0 amide bonds. The first kappa shape index (κ1) is 18.1. The molecule has 146 valence electrons. The predicted octanol–water partition coefficient (Wildman–Crippen LogP) is 6.15. The van der Waals surface area contributed by atoms with Crippen LogP contribution in [0.15, 0.2) is 73.1 Å². The van der Waals surface area contributed by atoms with Crippen molar-refractivity contribution in [1.82, 2.24) is 9.97 Å². The summed E-state index contributed by atoms with van der Waals surface area (Å²) in [5, 5.41) is 25.3. The van der Waals surface area contributed by atoms with Crippen molar-refractivity contribution in [3.8, 4) is 34.0 Å². The largest absolute Gasteiger partial charge is 0.507 e. The van der Waals surface area contributed by atoms with Crippen LogP contribution in [0, 0.1) is 13.8 Å². The summed E-state index contributed by atoms with van der Waals surface area (Å²) in [6, 6.07) is 19.0. The fourth-order valence-corrected chi connectivity index (χ4v) is 3.96. The maximum absolute atomic E-state index is 10.8. The summed E-state index contributed by atoms with van der Waals surface area (Å²) in [6.07, 6.45) is 3.58. The van der Waals surface area contributed by atoms with E-state index in [9.17, 15) is 10.2 Å². The highest BCUT2D eigenvalue weighted by atomic mass is 16.3. The molecular formula is C26H20N2O2. The van der Waals surface area contributed by atoms with Gasteiger partial charge in [-0.15, -0.1) is 0 Å². The van der Waals surface area contributed by atoms with Crippen molar-refractivity contribution in [2.45, 2.75) is 13.8 Å². The van der Waals surface area contributed by atoms with Crippen LogP contribution < -0.4 is 0 Å². The van der Waals surface area contributed by atoms with Crippen LogP contribution >= 0.6 is 0 Å². The zero-order valence-corrected chi connectivity index (χ0v) is 16.7. The number of hydrogen-bond donors (Lipinski definition) is 2. The van der Waals surface area contributed by atoms with Gasteiger partial charge >= 0.3 is 0 Å². The topological polar surface area (TPSA) is 66.2 Å².